The first kappa shape index (κ1) is 13.1. The Hall–Kier alpha value is -1.39. The van der Waals surface area contributed by atoms with Crippen molar-refractivity contribution in [2.45, 2.75) is 13.5 Å². The van der Waals surface area contributed by atoms with Gasteiger partial charge in [-0.25, -0.2) is 4.98 Å². The molecule has 0 aliphatic heterocycles. The zero-order chi connectivity index (χ0) is 13.0. The number of hydrogen-bond donors (Lipinski definition) is 1. The van der Waals surface area contributed by atoms with Crippen LogP contribution < -0.4 is 10.1 Å². The molecule has 2 aromatic rings. The molecule has 0 amide bonds. The second kappa shape index (κ2) is 5.98. The number of rotatable bonds is 4. The number of hydrogen-bond acceptors (Lipinski definition) is 3. The Bertz CT molecular complexity index is 543. The monoisotopic (exact) mass is 306 g/mol. The van der Waals surface area contributed by atoms with E-state index < -0.39 is 0 Å². The zero-order valence-electron chi connectivity index (χ0n) is 10.4. The summed E-state index contributed by atoms with van der Waals surface area (Å²) in [5.41, 5.74) is 2.18. The van der Waals surface area contributed by atoms with Crippen LogP contribution in [-0.4, -0.2) is 12.0 Å². The van der Waals surface area contributed by atoms with E-state index in [1.54, 1.807) is 0 Å². The van der Waals surface area contributed by atoms with E-state index in [0.717, 1.165) is 27.9 Å². The number of aromatic nitrogens is 1. The molecule has 94 valence electrons. The van der Waals surface area contributed by atoms with E-state index in [1.165, 1.54) is 0 Å². The van der Waals surface area contributed by atoms with Crippen molar-refractivity contribution in [2.75, 3.05) is 7.05 Å². The maximum atomic E-state index is 5.76. The van der Waals surface area contributed by atoms with Crippen LogP contribution in [0.5, 0.6) is 11.6 Å². The topological polar surface area (TPSA) is 34.2 Å². The maximum Gasteiger partial charge on any atom is 0.222 e. The molecule has 0 bridgehead atoms. The first-order valence-corrected chi connectivity index (χ1v) is 6.52. The normalized spacial score (nSPS) is 10.4. The molecule has 0 fully saturated rings. The smallest absolute Gasteiger partial charge is 0.222 e. The predicted molar refractivity (Wildman–Crippen MR) is 76.0 cm³/mol. The van der Waals surface area contributed by atoms with Crippen molar-refractivity contribution in [3.05, 3.63) is 52.1 Å². The molecule has 0 aliphatic rings. The maximum absolute atomic E-state index is 5.76. The third kappa shape index (κ3) is 3.31. The second-order valence-electron chi connectivity index (χ2n) is 4.06. The molecule has 1 N–H and O–H groups in total. The number of halogens is 1. The molecule has 1 aromatic carbocycles. The van der Waals surface area contributed by atoms with Gasteiger partial charge in [0.2, 0.25) is 5.88 Å². The van der Waals surface area contributed by atoms with Gasteiger partial charge in [0.1, 0.15) is 5.75 Å². The van der Waals surface area contributed by atoms with Crippen LogP contribution in [0.3, 0.4) is 0 Å². The van der Waals surface area contributed by atoms with Crippen molar-refractivity contribution in [1.29, 1.82) is 0 Å². The van der Waals surface area contributed by atoms with Crippen LogP contribution >= 0.6 is 15.9 Å². The van der Waals surface area contributed by atoms with E-state index in [9.17, 15) is 0 Å². The van der Waals surface area contributed by atoms with Crippen LogP contribution in [0.4, 0.5) is 0 Å². The minimum atomic E-state index is 0.646. The fourth-order valence-electron chi connectivity index (χ4n) is 1.67. The standard InChI is InChI=1S/C14H15BrN2O/c1-10-6-11(8-16-2)9-17-14(10)18-13-5-3-4-12(15)7-13/h3-7,9,16H,8H2,1-2H3. The summed E-state index contributed by atoms with van der Waals surface area (Å²) in [7, 11) is 1.92. The van der Waals surface area contributed by atoms with E-state index in [2.05, 4.69) is 32.3 Å². The number of ether oxygens (including phenoxy) is 1. The van der Waals surface area contributed by atoms with E-state index in [4.69, 9.17) is 4.74 Å². The fourth-order valence-corrected chi connectivity index (χ4v) is 2.05. The Balaban J connectivity index is 2.19. The Kier molecular flexibility index (Phi) is 4.33. The number of nitrogens with zero attached hydrogens (tertiary/aromatic N) is 1. The van der Waals surface area contributed by atoms with Crippen LogP contribution in [-0.2, 0) is 6.54 Å². The van der Waals surface area contributed by atoms with Gasteiger partial charge in [0, 0.05) is 22.8 Å². The molecule has 0 aliphatic carbocycles. The third-order valence-electron chi connectivity index (χ3n) is 2.48. The SMILES string of the molecule is CNCc1cnc(Oc2cccc(Br)c2)c(C)c1. The van der Waals surface area contributed by atoms with Crippen molar-refractivity contribution < 1.29 is 4.74 Å². The summed E-state index contributed by atoms with van der Waals surface area (Å²) in [5.74, 6) is 1.43. The average molecular weight is 307 g/mol. The Morgan fingerprint density at radius 1 is 1.33 bits per heavy atom. The van der Waals surface area contributed by atoms with E-state index in [0.29, 0.717) is 5.88 Å². The number of nitrogens with one attached hydrogen (secondary N) is 1. The quantitative estimate of drug-likeness (QED) is 0.936. The lowest BCUT2D eigenvalue weighted by Crippen LogP contribution is -2.06. The van der Waals surface area contributed by atoms with Gasteiger partial charge in [0.25, 0.3) is 0 Å². The molecule has 1 heterocycles. The molecule has 0 saturated carbocycles. The molecule has 3 nitrogen and oxygen atoms in total. The highest BCUT2D eigenvalue weighted by molar-refractivity contribution is 9.10. The summed E-state index contributed by atoms with van der Waals surface area (Å²) in [5, 5.41) is 3.10. The number of pyridine rings is 1. The van der Waals surface area contributed by atoms with Crippen LogP contribution in [0.25, 0.3) is 0 Å². The molecular formula is C14H15BrN2O. The Labute approximate surface area is 115 Å². The zero-order valence-corrected chi connectivity index (χ0v) is 12.0. The molecule has 0 radical (unpaired) electrons. The van der Waals surface area contributed by atoms with E-state index >= 15 is 0 Å². The minimum absolute atomic E-state index is 0.646. The van der Waals surface area contributed by atoms with E-state index in [1.807, 2.05) is 44.4 Å². The molecule has 2 rings (SSSR count). The summed E-state index contributed by atoms with van der Waals surface area (Å²) in [6.07, 6.45) is 1.83. The molecular weight excluding hydrogens is 292 g/mol. The van der Waals surface area contributed by atoms with Crippen molar-refractivity contribution in [3.8, 4) is 11.6 Å². The van der Waals surface area contributed by atoms with Crippen molar-refractivity contribution in [1.82, 2.24) is 10.3 Å². The second-order valence-corrected chi connectivity index (χ2v) is 4.97. The highest BCUT2D eigenvalue weighted by Gasteiger charge is 2.04. The molecule has 0 atom stereocenters. The van der Waals surface area contributed by atoms with Crippen LogP contribution in [0, 0.1) is 6.92 Å². The summed E-state index contributed by atoms with van der Waals surface area (Å²) >= 11 is 3.42. The van der Waals surface area contributed by atoms with Gasteiger partial charge in [0.05, 0.1) is 0 Å². The summed E-state index contributed by atoms with van der Waals surface area (Å²) in [4.78, 5) is 4.34. The van der Waals surface area contributed by atoms with Gasteiger partial charge < -0.3 is 10.1 Å². The molecule has 1 aromatic heterocycles. The summed E-state index contributed by atoms with van der Waals surface area (Å²) < 4.78 is 6.75. The van der Waals surface area contributed by atoms with Crippen LogP contribution in [0.1, 0.15) is 11.1 Å². The van der Waals surface area contributed by atoms with Gasteiger partial charge >= 0.3 is 0 Å². The Morgan fingerprint density at radius 2 is 2.17 bits per heavy atom. The van der Waals surface area contributed by atoms with Gasteiger partial charge in [0.15, 0.2) is 0 Å². The summed E-state index contributed by atoms with van der Waals surface area (Å²) in [6, 6.07) is 9.81. The number of benzene rings is 1. The first-order valence-electron chi connectivity index (χ1n) is 5.72. The lowest BCUT2D eigenvalue weighted by molar-refractivity contribution is 0.458. The lowest BCUT2D eigenvalue weighted by Gasteiger charge is -2.09. The van der Waals surface area contributed by atoms with Gasteiger partial charge in [-0.3, -0.25) is 0 Å². The fraction of sp³-hybridized carbons (Fsp3) is 0.214. The van der Waals surface area contributed by atoms with Gasteiger partial charge in [-0.1, -0.05) is 22.0 Å². The molecule has 0 unspecified atom stereocenters. The lowest BCUT2D eigenvalue weighted by atomic mass is 10.2. The van der Waals surface area contributed by atoms with Crippen LogP contribution in [0.2, 0.25) is 0 Å². The molecule has 0 spiro atoms. The molecule has 0 saturated heterocycles. The van der Waals surface area contributed by atoms with Crippen LogP contribution in [0.15, 0.2) is 41.0 Å². The van der Waals surface area contributed by atoms with Crippen molar-refractivity contribution in [3.63, 3.8) is 0 Å². The highest BCUT2D eigenvalue weighted by Crippen LogP contribution is 2.25. The minimum Gasteiger partial charge on any atom is -0.439 e. The van der Waals surface area contributed by atoms with Gasteiger partial charge in [-0.05, 0) is 43.8 Å². The molecule has 4 heteroatoms. The third-order valence-corrected chi connectivity index (χ3v) is 2.97. The largest absolute Gasteiger partial charge is 0.439 e. The molecule has 18 heavy (non-hydrogen) atoms. The van der Waals surface area contributed by atoms with Gasteiger partial charge in [-0.15, -0.1) is 0 Å². The van der Waals surface area contributed by atoms with Crippen molar-refractivity contribution >= 4 is 15.9 Å². The average Bonchev–Trinajstić information content (AvgIpc) is 2.33. The first-order chi connectivity index (χ1) is 8.69. The van der Waals surface area contributed by atoms with Crippen molar-refractivity contribution in [2.24, 2.45) is 0 Å². The van der Waals surface area contributed by atoms with Gasteiger partial charge in [-0.2, -0.15) is 0 Å². The Morgan fingerprint density at radius 3 is 2.83 bits per heavy atom. The number of aryl methyl sites for hydroxylation is 1. The summed E-state index contributed by atoms with van der Waals surface area (Å²) in [6.45, 7) is 2.81. The predicted octanol–water partition coefficient (Wildman–Crippen LogP) is 3.66. The highest BCUT2D eigenvalue weighted by atomic mass is 79.9. The van der Waals surface area contributed by atoms with E-state index in [-0.39, 0.29) is 0 Å².